The van der Waals surface area contributed by atoms with Gasteiger partial charge in [0.15, 0.2) is 0 Å². The second kappa shape index (κ2) is 4.72. The minimum Gasteiger partial charge on any atom is -0.393 e. The maximum Gasteiger partial charge on any atom is 0.233 e. The third-order valence-corrected chi connectivity index (χ3v) is 4.28. The maximum absolute atomic E-state index is 12.1. The fraction of sp³-hybridized carbons (Fsp3) is 0.750. The summed E-state index contributed by atoms with van der Waals surface area (Å²) in [7, 11) is 0. The molecule has 2 rings (SSSR count). The van der Waals surface area contributed by atoms with Crippen LogP contribution in [0.3, 0.4) is 0 Å². The van der Waals surface area contributed by atoms with E-state index in [1.807, 2.05) is 6.92 Å². The van der Waals surface area contributed by atoms with Crippen LogP contribution >= 0.6 is 12.2 Å². The van der Waals surface area contributed by atoms with E-state index in [-0.39, 0.29) is 29.6 Å². The number of nitrogens with two attached hydrogens (primary N) is 1. The average Bonchev–Trinajstić information content (AvgIpc) is 2.55. The summed E-state index contributed by atoms with van der Waals surface area (Å²) in [5.41, 5.74) is 5.53. The van der Waals surface area contributed by atoms with Crippen molar-refractivity contribution in [2.24, 2.45) is 23.5 Å². The van der Waals surface area contributed by atoms with Crippen LogP contribution in [0.1, 0.15) is 32.6 Å². The molecule has 2 fully saturated rings. The zero-order chi connectivity index (χ0) is 12.6. The van der Waals surface area contributed by atoms with Gasteiger partial charge in [0.1, 0.15) is 0 Å². The number of amides is 2. The van der Waals surface area contributed by atoms with Crippen LogP contribution in [-0.2, 0) is 9.59 Å². The number of carbonyl (C=O) groups is 2. The molecule has 3 atom stereocenters. The average molecular weight is 254 g/mol. The summed E-state index contributed by atoms with van der Waals surface area (Å²) in [6.45, 7) is 2.20. The topological polar surface area (TPSA) is 63.4 Å². The molecule has 1 heterocycles. The lowest BCUT2D eigenvalue weighted by molar-refractivity contribution is -0.140. The predicted molar refractivity (Wildman–Crippen MR) is 68.1 cm³/mol. The maximum atomic E-state index is 12.1. The van der Waals surface area contributed by atoms with Crippen molar-refractivity contribution in [2.75, 3.05) is 6.54 Å². The van der Waals surface area contributed by atoms with Gasteiger partial charge in [-0.15, -0.1) is 0 Å². The van der Waals surface area contributed by atoms with Crippen molar-refractivity contribution in [3.63, 3.8) is 0 Å². The van der Waals surface area contributed by atoms with Gasteiger partial charge >= 0.3 is 0 Å². The molecule has 2 N–H and O–H groups in total. The summed E-state index contributed by atoms with van der Waals surface area (Å²) in [5.74, 6) is -0.270. The fourth-order valence-electron chi connectivity index (χ4n) is 2.77. The van der Waals surface area contributed by atoms with Crippen LogP contribution < -0.4 is 5.73 Å². The Balaban J connectivity index is 2.10. The van der Waals surface area contributed by atoms with Crippen molar-refractivity contribution in [1.82, 2.24) is 4.90 Å². The number of imide groups is 1. The van der Waals surface area contributed by atoms with Gasteiger partial charge in [-0.3, -0.25) is 14.5 Å². The smallest absolute Gasteiger partial charge is 0.233 e. The van der Waals surface area contributed by atoms with Crippen LogP contribution in [0.4, 0.5) is 0 Å². The van der Waals surface area contributed by atoms with Crippen molar-refractivity contribution in [1.29, 1.82) is 0 Å². The number of rotatable bonds is 3. The number of fused-ring (bicyclic) bond motifs is 1. The first kappa shape index (κ1) is 12.5. The molecule has 1 saturated carbocycles. The highest BCUT2D eigenvalue weighted by Gasteiger charge is 2.48. The van der Waals surface area contributed by atoms with Crippen molar-refractivity contribution < 1.29 is 9.59 Å². The number of hydrogen-bond donors (Lipinski definition) is 1. The molecule has 94 valence electrons. The molecule has 0 aromatic rings. The van der Waals surface area contributed by atoms with E-state index in [1.54, 1.807) is 0 Å². The van der Waals surface area contributed by atoms with Gasteiger partial charge < -0.3 is 5.73 Å². The first-order valence-electron chi connectivity index (χ1n) is 6.17. The molecule has 1 aliphatic heterocycles. The van der Waals surface area contributed by atoms with Gasteiger partial charge in [-0.1, -0.05) is 32.0 Å². The predicted octanol–water partition coefficient (Wildman–Crippen LogP) is 1.08. The lowest BCUT2D eigenvalue weighted by atomic mass is 9.81. The molecule has 0 radical (unpaired) electrons. The lowest BCUT2D eigenvalue weighted by Gasteiger charge is -2.19. The molecular weight excluding hydrogens is 236 g/mol. The standard InChI is InChI=1S/C12H18N2O2S/c1-7(10(13)17)6-14-11(15)8-4-2-3-5-9(8)12(14)16/h7-9H,2-6H2,1H3,(H2,13,17). The van der Waals surface area contributed by atoms with E-state index < -0.39 is 0 Å². The van der Waals surface area contributed by atoms with Gasteiger partial charge in [-0.05, 0) is 12.8 Å². The zero-order valence-electron chi connectivity index (χ0n) is 10.0. The highest BCUT2D eigenvalue weighted by Crippen LogP contribution is 2.38. The van der Waals surface area contributed by atoms with Gasteiger partial charge in [-0.2, -0.15) is 0 Å². The molecule has 2 aliphatic rings. The van der Waals surface area contributed by atoms with E-state index in [1.165, 1.54) is 4.90 Å². The van der Waals surface area contributed by atoms with E-state index in [0.717, 1.165) is 25.7 Å². The lowest BCUT2D eigenvalue weighted by Crippen LogP contribution is -2.38. The molecule has 0 spiro atoms. The number of thiocarbonyl (C=S) groups is 1. The Bertz CT molecular complexity index is 346. The molecule has 3 unspecified atom stereocenters. The monoisotopic (exact) mass is 254 g/mol. The van der Waals surface area contributed by atoms with Crippen molar-refractivity contribution in [3.8, 4) is 0 Å². The van der Waals surface area contributed by atoms with E-state index in [2.05, 4.69) is 0 Å². The second-order valence-electron chi connectivity index (χ2n) is 5.09. The summed E-state index contributed by atoms with van der Waals surface area (Å²) in [4.78, 5) is 26.0. The highest BCUT2D eigenvalue weighted by atomic mass is 32.1. The van der Waals surface area contributed by atoms with Gasteiger partial charge in [-0.25, -0.2) is 0 Å². The zero-order valence-corrected chi connectivity index (χ0v) is 10.8. The molecule has 5 heteroatoms. The molecule has 2 amide bonds. The van der Waals surface area contributed by atoms with Crippen LogP contribution in [0, 0.1) is 17.8 Å². The molecular formula is C12H18N2O2S. The van der Waals surface area contributed by atoms with Crippen LogP contribution in [0.5, 0.6) is 0 Å². The van der Waals surface area contributed by atoms with Crippen molar-refractivity contribution in [3.05, 3.63) is 0 Å². The number of likely N-dealkylation sites (tertiary alicyclic amines) is 1. The Hall–Kier alpha value is -0.970. The Morgan fingerprint density at radius 1 is 1.35 bits per heavy atom. The third-order valence-electron chi connectivity index (χ3n) is 3.87. The Morgan fingerprint density at radius 3 is 2.24 bits per heavy atom. The molecule has 4 nitrogen and oxygen atoms in total. The SMILES string of the molecule is CC(CN1C(=O)C2CCCCC2C1=O)C(N)=S. The van der Waals surface area contributed by atoms with Crippen LogP contribution in [0.15, 0.2) is 0 Å². The van der Waals surface area contributed by atoms with E-state index in [0.29, 0.717) is 11.5 Å². The Kier molecular flexibility index (Phi) is 3.47. The van der Waals surface area contributed by atoms with Gasteiger partial charge in [0.05, 0.1) is 16.8 Å². The first-order valence-corrected chi connectivity index (χ1v) is 6.57. The molecule has 17 heavy (non-hydrogen) atoms. The molecule has 0 aromatic carbocycles. The largest absolute Gasteiger partial charge is 0.393 e. The number of carbonyl (C=O) groups excluding carboxylic acids is 2. The quantitative estimate of drug-likeness (QED) is 0.605. The van der Waals surface area contributed by atoms with Gasteiger partial charge in [0, 0.05) is 12.5 Å². The van der Waals surface area contributed by atoms with Crippen molar-refractivity contribution in [2.45, 2.75) is 32.6 Å². The van der Waals surface area contributed by atoms with E-state index in [4.69, 9.17) is 18.0 Å². The summed E-state index contributed by atoms with van der Waals surface area (Å²) in [6, 6.07) is 0. The summed E-state index contributed by atoms with van der Waals surface area (Å²) < 4.78 is 0. The van der Waals surface area contributed by atoms with Crippen LogP contribution in [0.25, 0.3) is 0 Å². The van der Waals surface area contributed by atoms with E-state index in [9.17, 15) is 9.59 Å². The third kappa shape index (κ3) is 2.20. The fourth-order valence-corrected chi connectivity index (χ4v) is 2.85. The highest BCUT2D eigenvalue weighted by molar-refractivity contribution is 7.80. The minimum atomic E-state index is -0.0990. The summed E-state index contributed by atoms with van der Waals surface area (Å²) in [5, 5.41) is 0. The number of nitrogens with zero attached hydrogens (tertiary/aromatic N) is 1. The molecule has 0 aromatic heterocycles. The van der Waals surface area contributed by atoms with E-state index >= 15 is 0 Å². The number of hydrogen-bond acceptors (Lipinski definition) is 3. The normalized spacial score (nSPS) is 30.3. The van der Waals surface area contributed by atoms with Gasteiger partial charge in [0.25, 0.3) is 0 Å². The second-order valence-corrected chi connectivity index (χ2v) is 5.56. The Labute approximate surface area is 107 Å². The summed E-state index contributed by atoms with van der Waals surface area (Å²) in [6.07, 6.45) is 3.82. The molecule has 0 bridgehead atoms. The summed E-state index contributed by atoms with van der Waals surface area (Å²) >= 11 is 4.89. The first-order chi connectivity index (χ1) is 8.02. The van der Waals surface area contributed by atoms with Gasteiger partial charge in [0.2, 0.25) is 11.8 Å². The van der Waals surface area contributed by atoms with Crippen molar-refractivity contribution >= 4 is 29.0 Å². The molecule has 1 saturated heterocycles. The molecule has 1 aliphatic carbocycles. The van der Waals surface area contributed by atoms with Crippen LogP contribution in [0.2, 0.25) is 0 Å². The minimum absolute atomic E-state index is 0.0113. The van der Waals surface area contributed by atoms with Crippen LogP contribution in [-0.4, -0.2) is 28.2 Å². The Morgan fingerprint density at radius 2 is 1.82 bits per heavy atom.